The van der Waals surface area contributed by atoms with Crippen molar-refractivity contribution >= 4 is 84.2 Å². The van der Waals surface area contributed by atoms with Crippen molar-refractivity contribution in [3.8, 4) is 5.75 Å². The van der Waals surface area contributed by atoms with E-state index in [1.807, 2.05) is 0 Å². The molecule has 9 N–H and O–H groups in total. The molecule has 4 amide bonds. The second kappa shape index (κ2) is 32.8. The molecule has 4 heterocycles. The van der Waals surface area contributed by atoms with Crippen LogP contribution in [0.1, 0.15) is 157 Å². The number of carbonyl (C=O) groups excluding carboxylic acids is 5. The normalized spacial score (nSPS) is 14.3. The number of allylic oxidation sites excluding steroid dienone is 2. The summed E-state index contributed by atoms with van der Waals surface area (Å²) in [6.45, 7) is -3.67. The number of aliphatic carboxylic acids is 4. The lowest BCUT2D eigenvalue weighted by atomic mass is 9.90. The first kappa shape index (κ1) is 63.7. The van der Waals surface area contributed by atoms with Gasteiger partial charge in [-0.15, -0.1) is 0 Å². The number of fused-ring (bicyclic) bond motifs is 2. The molecule has 2 aliphatic rings. The van der Waals surface area contributed by atoms with Crippen LogP contribution in [0.15, 0.2) is 72.6 Å². The molecule has 0 spiro atoms. The first-order chi connectivity index (χ1) is 38.8. The van der Waals surface area contributed by atoms with Crippen molar-refractivity contribution in [3.63, 3.8) is 0 Å². The number of aromatic nitrogens is 2. The predicted octanol–water partition coefficient (Wildman–Crippen LogP) is 7.57. The third kappa shape index (κ3) is 21.4. The summed E-state index contributed by atoms with van der Waals surface area (Å²) >= 11 is 0. The Balaban J connectivity index is 0.829. The lowest BCUT2D eigenvalue weighted by Crippen LogP contribution is -2.51. The minimum Gasteiger partial charge on any atom is -0.484 e. The number of nitrogens with one attached hydrogen (secondary N) is 5. The van der Waals surface area contributed by atoms with Gasteiger partial charge in [0.05, 0.1) is 5.92 Å². The summed E-state index contributed by atoms with van der Waals surface area (Å²) in [5.41, 5.74) is 2.95. The smallest absolute Gasteiger partial charge is 0.484 e. The van der Waals surface area contributed by atoms with Crippen LogP contribution in [0.3, 0.4) is 0 Å². The van der Waals surface area contributed by atoms with Crippen LogP contribution in [0, 0.1) is 5.92 Å². The van der Waals surface area contributed by atoms with Crippen molar-refractivity contribution in [1.29, 1.82) is 0 Å². The second-order valence-corrected chi connectivity index (χ2v) is 20.2. The molecular weight excluding hydrogens is 1060 g/mol. The number of Topliss-reactive ketones (excluding diaryl/α,β-unsaturated/α-hetero) is 2. The van der Waals surface area contributed by atoms with Gasteiger partial charge in [0.15, 0.2) is 18.0 Å². The Morgan fingerprint density at radius 2 is 1.23 bits per heavy atom. The van der Waals surface area contributed by atoms with E-state index in [4.69, 9.17) is 9.84 Å². The Hall–Kier alpha value is -8.18. The Labute approximate surface area is 468 Å². The standard InChI is InChI=1S/C57H74BF2N7O14/c59-58(60)66-41(25-26-42(66)37-43-27-31-50(67(43)58)47-19-13-35-61-47)24-21-39-22-28-46(29-23-39)81-38-52(71)63-33-11-4-8-16-44(68)15-7-3-5-14-40(54(74)75)36-45(69)17-6-1-2-9-20-51(70)62-34-12-10-18-48(55(76)77)64-57(80)65-49(56(78)79)30-32-53(72)73/h13,19,21-29,31,35,37,40,48-49,61H,1-12,14-18,20,30,32-34,36,38H2,(H,62,70)(H,63,71)(H,72,73)(H,74,75)(H,76,77)(H,78,79)(H2,64,65,80)/b24-21-/t40?,48-,49-/m0/s1. The Bertz CT molecular complexity index is 2790. The lowest BCUT2D eigenvalue weighted by molar-refractivity contribution is -0.360. The number of H-pyrrole nitrogens is 1. The first-order valence-corrected chi connectivity index (χ1v) is 27.7. The molecule has 0 saturated carbocycles. The molecule has 21 nitrogen and oxygen atoms in total. The number of benzene rings is 1. The van der Waals surface area contributed by atoms with Gasteiger partial charge >= 0.3 is 36.9 Å². The minimum atomic E-state index is -4.18. The van der Waals surface area contributed by atoms with Crippen LogP contribution < -0.4 is 26.0 Å². The van der Waals surface area contributed by atoms with Crippen LogP contribution in [-0.2, 0) is 38.4 Å². The maximum Gasteiger partial charge on any atom is 0.737 e. The Morgan fingerprint density at radius 1 is 0.630 bits per heavy atom. The van der Waals surface area contributed by atoms with Gasteiger partial charge in [0.2, 0.25) is 5.91 Å². The zero-order chi connectivity index (χ0) is 58.7. The van der Waals surface area contributed by atoms with Crippen molar-refractivity contribution in [2.24, 2.45) is 5.92 Å². The zero-order valence-corrected chi connectivity index (χ0v) is 45.4. The molecule has 2 aromatic heterocycles. The topological polar surface area (TPSA) is 316 Å². The highest BCUT2D eigenvalue weighted by Gasteiger charge is 2.52. The van der Waals surface area contributed by atoms with Crippen molar-refractivity contribution in [1.82, 2.24) is 30.7 Å². The Kier molecular flexibility index (Phi) is 25.8. The van der Waals surface area contributed by atoms with E-state index in [0.29, 0.717) is 131 Å². The summed E-state index contributed by atoms with van der Waals surface area (Å²) in [5, 5.41) is 46.9. The van der Waals surface area contributed by atoms with E-state index in [2.05, 4.69) is 26.3 Å². The van der Waals surface area contributed by atoms with Crippen LogP contribution in [0.25, 0.3) is 18.2 Å². The summed E-state index contributed by atoms with van der Waals surface area (Å²) in [6.07, 6.45) is 18.1. The van der Waals surface area contributed by atoms with Crippen molar-refractivity contribution in [2.75, 3.05) is 19.7 Å². The van der Waals surface area contributed by atoms with Gasteiger partial charge < -0.3 is 69.0 Å². The molecule has 0 fully saturated rings. The van der Waals surface area contributed by atoms with Crippen molar-refractivity contribution in [2.45, 2.75) is 147 Å². The van der Waals surface area contributed by atoms with E-state index in [0.717, 1.165) is 20.9 Å². The van der Waals surface area contributed by atoms with E-state index in [1.165, 1.54) is 0 Å². The zero-order valence-electron chi connectivity index (χ0n) is 45.4. The fraction of sp³-hybridized carbons (Fsp3) is 0.474. The molecule has 3 atom stereocenters. The summed E-state index contributed by atoms with van der Waals surface area (Å²) in [7, 11) is 0. The fourth-order valence-electron chi connectivity index (χ4n) is 9.50. The number of carboxylic acid groups (broad SMARTS) is 4. The molecule has 438 valence electrons. The van der Waals surface area contributed by atoms with Crippen LogP contribution in [0.2, 0.25) is 0 Å². The molecule has 0 saturated heterocycles. The molecule has 3 aromatic rings. The maximum atomic E-state index is 16.1. The second-order valence-electron chi connectivity index (χ2n) is 20.2. The van der Waals surface area contributed by atoms with Crippen LogP contribution in [0.5, 0.6) is 5.75 Å². The summed E-state index contributed by atoms with van der Waals surface area (Å²) in [6, 6.07) is 9.91. The van der Waals surface area contributed by atoms with E-state index in [1.54, 1.807) is 85.1 Å². The van der Waals surface area contributed by atoms with E-state index in [-0.39, 0.29) is 68.6 Å². The van der Waals surface area contributed by atoms with Gasteiger partial charge in [-0.3, -0.25) is 28.8 Å². The van der Waals surface area contributed by atoms with Crippen LogP contribution in [0.4, 0.5) is 13.4 Å². The number of carboxylic acids is 4. The molecule has 0 bridgehead atoms. The highest BCUT2D eigenvalue weighted by atomic mass is 19.2. The van der Waals surface area contributed by atoms with Crippen molar-refractivity contribution in [3.05, 3.63) is 95.2 Å². The van der Waals surface area contributed by atoms with Crippen molar-refractivity contribution < 1.29 is 81.4 Å². The molecule has 81 heavy (non-hydrogen) atoms. The van der Waals surface area contributed by atoms with Gasteiger partial charge in [-0.1, -0.05) is 50.3 Å². The fourth-order valence-corrected chi connectivity index (χ4v) is 9.50. The van der Waals surface area contributed by atoms with E-state index < -0.39 is 61.3 Å². The molecular formula is C57H74BF2N7O14. The number of halogens is 2. The number of aromatic amines is 1. The Morgan fingerprint density at radius 3 is 1.88 bits per heavy atom. The number of ether oxygens (including phenoxy) is 1. The molecule has 2 aliphatic heterocycles. The number of hydrogen-bond acceptors (Lipinski definition) is 10. The SMILES string of the molecule is O=C(O)CC[C@H](NC(=O)N[C@@H](CCCCNC(=O)CCCCCCC(=O)CC(CCCCCC(=O)CCCCCNC(=O)COc1ccc(/C=C\c2ccc3n2[B-](F)(F)[N+]2=C(c4ccc[nH]4)C=CC2=C3)cc1)C(=O)O)C(=O)O)C(=O)O. The molecule has 0 aliphatic carbocycles. The van der Waals surface area contributed by atoms with E-state index in [9.17, 15) is 58.5 Å². The molecule has 24 heteroatoms. The highest BCUT2D eigenvalue weighted by Crippen LogP contribution is 2.34. The van der Waals surface area contributed by atoms with Crippen LogP contribution >= 0.6 is 0 Å². The number of urea groups is 1. The maximum absolute atomic E-state index is 16.1. The molecule has 0 radical (unpaired) electrons. The molecule has 5 rings (SSSR count). The minimum absolute atomic E-state index is 0.00215. The number of carbonyl (C=O) groups is 9. The average molecular weight is 1130 g/mol. The number of unbranched alkanes of at least 4 members (excludes halogenated alkanes) is 8. The van der Waals surface area contributed by atoms with Gasteiger partial charge in [-0.2, -0.15) is 0 Å². The van der Waals surface area contributed by atoms with Gasteiger partial charge in [0, 0.05) is 87.4 Å². The number of ketones is 2. The number of nitrogens with zero attached hydrogens (tertiary/aromatic N) is 2. The van der Waals surface area contributed by atoms with Gasteiger partial charge in [0.1, 0.15) is 35.1 Å². The monoisotopic (exact) mass is 1130 g/mol. The third-order valence-corrected chi connectivity index (χ3v) is 13.9. The quantitative estimate of drug-likeness (QED) is 0.0196. The van der Waals surface area contributed by atoms with Gasteiger partial charge in [-0.25, -0.2) is 14.4 Å². The van der Waals surface area contributed by atoms with Crippen LogP contribution in [-0.4, -0.2) is 132 Å². The largest absolute Gasteiger partial charge is 0.737 e. The van der Waals surface area contributed by atoms with E-state index >= 15 is 8.63 Å². The summed E-state index contributed by atoms with van der Waals surface area (Å²) in [5.74, 6) is -5.91. The number of rotatable bonds is 40. The average Bonchev–Trinajstić information content (AvgIpc) is 4.29. The first-order valence-electron chi connectivity index (χ1n) is 27.7. The number of hydrogen-bond donors (Lipinski definition) is 9. The molecule has 1 unspecified atom stereocenters. The van der Waals surface area contributed by atoms with Gasteiger partial charge in [0.25, 0.3) is 5.91 Å². The summed E-state index contributed by atoms with van der Waals surface area (Å²) < 4.78 is 40.0. The molecule has 1 aromatic carbocycles. The summed E-state index contributed by atoms with van der Waals surface area (Å²) in [4.78, 5) is 110. The van der Waals surface area contributed by atoms with Gasteiger partial charge in [-0.05, 0) is 112 Å². The highest BCUT2D eigenvalue weighted by molar-refractivity contribution is 6.58. The lowest BCUT2D eigenvalue weighted by Gasteiger charge is -2.30. The predicted molar refractivity (Wildman–Crippen MR) is 297 cm³/mol. The number of amides is 4. The third-order valence-electron chi connectivity index (χ3n) is 13.9.